The number of hydrogen-bond donors (Lipinski definition) is 0. The highest BCUT2D eigenvalue weighted by Gasteiger charge is 2.27. The molecule has 0 fully saturated rings. The van der Waals surface area contributed by atoms with E-state index in [0.717, 1.165) is 18.6 Å². The van der Waals surface area contributed by atoms with Crippen molar-refractivity contribution in [3.63, 3.8) is 0 Å². The van der Waals surface area contributed by atoms with Gasteiger partial charge in [0, 0.05) is 6.42 Å². The van der Waals surface area contributed by atoms with Gasteiger partial charge in [-0.15, -0.1) is 6.42 Å². The first kappa shape index (κ1) is 10.4. The van der Waals surface area contributed by atoms with Crippen LogP contribution in [0.3, 0.4) is 0 Å². The third kappa shape index (κ3) is 3.66. The van der Waals surface area contributed by atoms with Crippen molar-refractivity contribution in [3.8, 4) is 12.3 Å². The molecule has 72 valence electrons. The molecular formula is C10H16O2Si. The SMILES string of the molecule is C#CCO[Si](C)(C)OC1=CCCC1. The van der Waals surface area contributed by atoms with E-state index < -0.39 is 8.56 Å². The van der Waals surface area contributed by atoms with Gasteiger partial charge in [0.15, 0.2) is 0 Å². The summed E-state index contributed by atoms with van der Waals surface area (Å²) in [4.78, 5) is 0. The molecule has 0 aliphatic heterocycles. The van der Waals surface area contributed by atoms with E-state index in [4.69, 9.17) is 15.3 Å². The summed E-state index contributed by atoms with van der Waals surface area (Å²) in [6, 6.07) is 0. The van der Waals surface area contributed by atoms with E-state index in [1.807, 2.05) is 13.1 Å². The lowest BCUT2D eigenvalue weighted by molar-refractivity contribution is 0.240. The minimum Gasteiger partial charge on any atom is -0.524 e. The molecule has 0 aromatic heterocycles. The maximum Gasteiger partial charge on any atom is 0.392 e. The van der Waals surface area contributed by atoms with Crippen LogP contribution in [0.4, 0.5) is 0 Å². The van der Waals surface area contributed by atoms with Gasteiger partial charge in [-0.1, -0.05) is 5.92 Å². The Bertz CT molecular complexity index is 238. The zero-order valence-electron chi connectivity index (χ0n) is 8.30. The molecule has 1 aliphatic carbocycles. The molecule has 0 spiro atoms. The molecule has 1 aliphatic rings. The summed E-state index contributed by atoms with van der Waals surface area (Å²) in [6.07, 6.45) is 10.7. The van der Waals surface area contributed by atoms with Crippen molar-refractivity contribution in [3.05, 3.63) is 11.8 Å². The van der Waals surface area contributed by atoms with Crippen molar-refractivity contribution in [2.45, 2.75) is 32.4 Å². The number of rotatable bonds is 4. The fraction of sp³-hybridized carbons (Fsp3) is 0.600. The predicted octanol–water partition coefficient (Wildman–Crippen LogP) is 2.42. The van der Waals surface area contributed by atoms with Gasteiger partial charge in [0.05, 0.1) is 12.4 Å². The van der Waals surface area contributed by atoms with Gasteiger partial charge < -0.3 is 8.85 Å². The second-order valence-electron chi connectivity index (χ2n) is 3.56. The Hall–Kier alpha value is -0.723. The smallest absolute Gasteiger partial charge is 0.392 e. The monoisotopic (exact) mass is 196 g/mol. The zero-order chi connectivity index (χ0) is 9.73. The van der Waals surface area contributed by atoms with Crippen molar-refractivity contribution < 1.29 is 8.85 Å². The Morgan fingerprint density at radius 3 is 2.92 bits per heavy atom. The van der Waals surface area contributed by atoms with Gasteiger partial charge in [0.25, 0.3) is 0 Å². The molecule has 0 unspecified atom stereocenters. The zero-order valence-corrected chi connectivity index (χ0v) is 9.30. The molecule has 0 bridgehead atoms. The van der Waals surface area contributed by atoms with Crippen LogP contribution in [-0.2, 0) is 8.85 Å². The average Bonchev–Trinajstić information content (AvgIpc) is 2.52. The minimum atomic E-state index is -2.00. The molecule has 0 atom stereocenters. The molecule has 0 aromatic rings. The lowest BCUT2D eigenvalue weighted by Gasteiger charge is -2.23. The lowest BCUT2D eigenvalue weighted by atomic mass is 10.4. The highest BCUT2D eigenvalue weighted by Crippen LogP contribution is 2.22. The Balaban J connectivity index is 2.37. The van der Waals surface area contributed by atoms with Crippen LogP contribution in [0.1, 0.15) is 19.3 Å². The molecule has 1 rings (SSSR count). The molecule has 3 heteroatoms. The van der Waals surface area contributed by atoms with Gasteiger partial charge in [-0.3, -0.25) is 0 Å². The van der Waals surface area contributed by atoms with E-state index in [1.54, 1.807) is 0 Å². The van der Waals surface area contributed by atoms with E-state index in [1.165, 1.54) is 6.42 Å². The van der Waals surface area contributed by atoms with E-state index in [2.05, 4.69) is 12.0 Å². The van der Waals surface area contributed by atoms with Crippen LogP contribution >= 0.6 is 0 Å². The Labute approximate surface area is 81.2 Å². The van der Waals surface area contributed by atoms with Crippen LogP contribution in [0.2, 0.25) is 13.1 Å². The van der Waals surface area contributed by atoms with Gasteiger partial charge in [0.1, 0.15) is 0 Å². The maximum absolute atomic E-state index is 5.78. The second kappa shape index (κ2) is 4.50. The van der Waals surface area contributed by atoms with Crippen molar-refractivity contribution in [2.24, 2.45) is 0 Å². The topological polar surface area (TPSA) is 18.5 Å². The van der Waals surface area contributed by atoms with Gasteiger partial charge >= 0.3 is 8.56 Å². The standard InChI is InChI=1S/C10H16O2Si/c1-4-9-11-13(2,3)12-10-7-5-6-8-10/h1,7H,5-6,8-9H2,2-3H3. The molecule has 13 heavy (non-hydrogen) atoms. The molecule has 0 amide bonds. The minimum absolute atomic E-state index is 0.354. The first-order chi connectivity index (χ1) is 6.14. The largest absolute Gasteiger partial charge is 0.524 e. The molecule has 0 aromatic carbocycles. The summed E-state index contributed by atoms with van der Waals surface area (Å²) in [7, 11) is -2.00. The van der Waals surface area contributed by atoms with Crippen molar-refractivity contribution >= 4 is 8.56 Å². The van der Waals surface area contributed by atoms with Crippen LogP contribution in [0, 0.1) is 12.3 Å². The summed E-state index contributed by atoms with van der Waals surface area (Å²) >= 11 is 0. The highest BCUT2D eigenvalue weighted by molar-refractivity contribution is 6.64. The number of allylic oxidation sites excluding steroid dienone is 2. The number of terminal acetylenes is 1. The second-order valence-corrected chi connectivity index (χ2v) is 6.85. The Kier molecular flexibility index (Phi) is 3.58. The van der Waals surface area contributed by atoms with E-state index >= 15 is 0 Å². The van der Waals surface area contributed by atoms with Crippen LogP contribution in [0.15, 0.2) is 11.8 Å². The fourth-order valence-electron chi connectivity index (χ4n) is 1.29. The van der Waals surface area contributed by atoms with E-state index in [-0.39, 0.29) is 0 Å². The third-order valence-electron chi connectivity index (χ3n) is 1.88. The summed E-state index contributed by atoms with van der Waals surface area (Å²) < 4.78 is 11.3. The molecule has 0 saturated heterocycles. The van der Waals surface area contributed by atoms with Crippen molar-refractivity contribution in [2.75, 3.05) is 6.61 Å². The van der Waals surface area contributed by atoms with Gasteiger partial charge in [-0.25, -0.2) is 0 Å². The summed E-state index contributed by atoms with van der Waals surface area (Å²) in [6.45, 7) is 4.39. The quantitative estimate of drug-likeness (QED) is 0.508. The Morgan fingerprint density at radius 1 is 1.62 bits per heavy atom. The first-order valence-corrected chi connectivity index (χ1v) is 7.41. The van der Waals surface area contributed by atoms with Gasteiger partial charge in [-0.05, 0) is 32.0 Å². The predicted molar refractivity (Wildman–Crippen MR) is 55.3 cm³/mol. The third-order valence-corrected chi connectivity index (χ3v) is 3.47. The lowest BCUT2D eigenvalue weighted by Crippen LogP contribution is -2.34. The van der Waals surface area contributed by atoms with Crippen LogP contribution in [0.5, 0.6) is 0 Å². The van der Waals surface area contributed by atoms with E-state index in [0.29, 0.717) is 6.61 Å². The normalized spacial score (nSPS) is 16.5. The van der Waals surface area contributed by atoms with Gasteiger partial charge in [-0.2, -0.15) is 0 Å². The van der Waals surface area contributed by atoms with Crippen LogP contribution < -0.4 is 0 Å². The highest BCUT2D eigenvalue weighted by atomic mass is 28.4. The molecule has 2 nitrogen and oxygen atoms in total. The molecule has 0 saturated carbocycles. The summed E-state index contributed by atoms with van der Waals surface area (Å²) in [5, 5.41) is 0. The van der Waals surface area contributed by atoms with Crippen molar-refractivity contribution in [1.29, 1.82) is 0 Å². The molecular weight excluding hydrogens is 180 g/mol. The van der Waals surface area contributed by atoms with Crippen LogP contribution in [0.25, 0.3) is 0 Å². The summed E-state index contributed by atoms with van der Waals surface area (Å²) in [5.74, 6) is 3.55. The van der Waals surface area contributed by atoms with Crippen LogP contribution in [-0.4, -0.2) is 15.2 Å². The molecule has 0 heterocycles. The van der Waals surface area contributed by atoms with Crippen molar-refractivity contribution in [1.82, 2.24) is 0 Å². The molecule has 0 N–H and O–H groups in total. The van der Waals surface area contributed by atoms with Gasteiger partial charge in [0.2, 0.25) is 0 Å². The summed E-state index contributed by atoms with van der Waals surface area (Å²) in [5.41, 5.74) is 0. The first-order valence-electron chi connectivity index (χ1n) is 4.59. The average molecular weight is 196 g/mol. The maximum atomic E-state index is 5.78. The molecule has 0 radical (unpaired) electrons. The number of hydrogen-bond acceptors (Lipinski definition) is 2. The van der Waals surface area contributed by atoms with E-state index in [9.17, 15) is 0 Å². The Morgan fingerprint density at radius 2 is 2.38 bits per heavy atom. The fourth-order valence-corrected chi connectivity index (χ4v) is 2.60.